The summed E-state index contributed by atoms with van der Waals surface area (Å²) in [6.07, 6.45) is 0. The van der Waals surface area contributed by atoms with E-state index in [4.69, 9.17) is 4.74 Å². The van der Waals surface area contributed by atoms with E-state index in [2.05, 4.69) is 16.1 Å². The Kier molecular flexibility index (Phi) is 4.79. The maximum absolute atomic E-state index is 12.5. The van der Waals surface area contributed by atoms with Crippen molar-refractivity contribution in [3.8, 4) is 11.5 Å². The van der Waals surface area contributed by atoms with Gasteiger partial charge in [0, 0.05) is 12.6 Å². The largest absolute Gasteiger partial charge is 0.497 e. The van der Waals surface area contributed by atoms with Crippen LogP contribution in [0.2, 0.25) is 0 Å². The number of halogens is 2. The lowest BCUT2D eigenvalue weighted by Gasteiger charge is -2.14. The highest BCUT2D eigenvalue weighted by Crippen LogP contribution is 2.31. The van der Waals surface area contributed by atoms with Gasteiger partial charge < -0.3 is 14.8 Å². The molecule has 3 aromatic rings. The number of nitrogens with one attached hydrogen (secondary N) is 1. The Morgan fingerprint density at radius 2 is 1.75 bits per heavy atom. The van der Waals surface area contributed by atoms with Gasteiger partial charge in [-0.2, -0.15) is 8.78 Å². The van der Waals surface area contributed by atoms with Crippen LogP contribution >= 0.6 is 0 Å². The summed E-state index contributed by atoms with van der Waals surface area (Å²) in [7, 11) is 1.52. The lowest BCUT2D eigenvalue weighted by Crippen LogP contribution is -2.07. The van der Waals surface area contributed by atoms with Gasteiger partial charge in [-0.15, -0.1) is 0 Å². The maximum Gasteiger partial charge on any atom is 0.387 e. The summed E-state index contributed by atoms with van der Waals surface area (Å²) in [5.74, 6) is 0.657. The second-order valence-corrected chi connectivity index (χ2v) is 5.28. The van der Waals surface area contributed by atoms with Crippen molar-refractivity contribution >= 4 is 16.5 Å². The molecule has 0 unspecified atom stereocenters. The fourth-order valence-corrected chi connectivity index (χ4v) is 2.52. The zero-order chi connectivity index (χ0) is 16.9. The first-order chi connectivity index (χ1) is 11.7. The van der Waals surface area contributed by atoms with Crippen LogP contribution < -0.4 is 14.8 Å². The Morgan fingerprint density at radius 1 is 0.958 bits per heavy atom. The van der Waals surface area contributed by atoms with Crippen molar-refractivity contribution in [1.29, 1.82) is 0 Å². The summed E-state index contributed by atoms with van der Waals surface area (Å²) in [5, 5.41) is 5.42. The Bertz CT molecular complexity index is 836. The Labute approximate surface area is 138 Å². The molecule has 3 nitrogen and oxygen atoms in total. The highest BCUT2D eigenvalue weighted by atomic mass is 19.3. The molecular formula is C19H17F2NO2. The molecule has 24 heavy (non-hydrogen) atoms. The molecule has 0 aliphatic heterocycles. The molecule has 0 atom stereocenters. The Hall–Kier alpha value is -2.82. The van der Waals surface area contributed by atoms with Crippen molar-refractivity contribution < 1.29 is 18.3 Å². The van der Waals surface area contributed by atoms with Crippen LogP contribution in [0.25, 0.3) is 10.8 Å². The molecule has 0 radical (unpaired) electrons. The molecule has 0 aromatic heterocycles. The summed E-state index contributed by atoms with van der Waals surface area (Å²) < 4.78 is 34.8. The highest BCUT2D eigenvalue weighted by Gasteiger charge is 2.11. The summed E-state index contributed by atoms with van der Waals surface area (Å²) in [5.41, 5.74) is 1.50. The van der Waals surface area contributed by atoms with Gasteiger partial charge in [0.2, 0.25) is 0 Å². The van der Waals surface area contributed by atoms with Gasteiger partial charge in [0.1, 0.15) is 11.5 Å². The minimum Gasteiger partial charge on any atom is -0.497 e. The number of methoxy groups -OCH3 is 1. The summed E-state index contributed by atoms with van der Waals surface area (Å²) in [6, 6.07) is 18.8. The van der Waals surface area contributed by atoms with E-state index in [-0.39, 0.29) is 5.75 Å². The molecule has 0 aliphatic carbocycles. The number of benzene rings is 3. The van der Waals surface area contributed by atoms with Gasteiger partial charge in [-0.3, -0.25) is 0 Å². The quantitative estimate of drug-likeness (QED) is 0.685. The first-order valence-corrected chi connectivity index (χ1v) is 7.50. The summed E-state index contributed by atoms with van der Waals surface area (Å²) >= 11 is 0. The molecule has 1 N–H and O–H groups in total. The first-order valence-electron chi connectivity index (χ1n) is 7.50. The van der Waals surface area contributed by atoms with Crippen molar-refractivity contribution in [2.75, 3.05) is 12.4 Å². The fraction of sp³-hybridized carbons (Fsp3) is 0.158. The molecule has 0 bridgehead atoms. The van der Waals surface area contributed by atoms with Gasteiger partial charge >= 0.3 is 6.61 Å². The Balaban J connectivity index is 1.81. The molecule has 0 amide bonds. The first kappa shape index (κ1) is 16.1. The second kappa shape index (κ2) is 7.17. The number of hydrogen-bond acceptors (Lipinski definition) is 3. The average molecular weight is 329 g/mol. The number of fused-ring (bicyclic) bond motifs is 1. The maximum atomic E-state index is 12.5. The zero-order valence-corrected chi connectivity index (χ0v) is 13.1. The number of rotatable bonds is 6. The number of alkyl halides is 2. The van der Waals surface area contributed by atoms with E-state index in [0.29, 0.717) is 18.0 Å². The van der Waals surface area contributed by atoms with Gasteiger partial charge in [-0.05, 0) is 34.5 Å². The molecule has 0 fully saturated rings. The number of ether oxygens (including phenoxy) is 2. The molecule has 0 heterocycles. The molecule has 0 saturated heterocycles. The van der Waals surface area contributed by atoms with Crippen LogP contribution in [0.4, 0.5) is 14.5 Å². The van der Waals surface area contributed by atoms with Crippen LogP contribution in [-0.4, -0.2) is 13.7 Å². The fourth-order valence-electron chi connectivity index (χ4n) is 2.52. The molecule has 3 rings (SSSR count). The number of anilines is 1. The van der Waals surface area contributed by atoms with Gasteiger partial charge in [0.25, 0.3) is 0 Å². The van der Waals surface area contributed by atoms with Gasteiger partial charge in [-0.25, -0.2) is 0 Å². The van der Waals surface area contributed by atoms with E-state index < -0.39 is 6.61 Å². The van der Waals surface area contributed by atoms with Crippen LogP contribution in [-0.2, 0) is 6.54 Å². The molecule has 3 aromatic carbocycles. The predicted molar refractivity (Wildman–Crippen MR) is 90.9 cm³/mol. The van der Waals surface area contributed by atoms with Crippen molar-refractivity contribution in [2.24, 2.45) is 0 Å². The van der Waals surface area contributed by atoms with Gasteiger partial charge in [-0.1, -0.05) is 36.4 Å². The van der Waals surface area contributed by atoms with Crippen LogP contribution in [0, 0.1) is 0 Å². The third-order valence-electron chi connectivity index (χ3n) is 3.70. The molecular weight excluding hydrogens is 312 g/mol. The smallest absolute Gasteiger partial charge is 0.387 e. The SMILES string of the molecule is COc1ccc(OC(F)F)c(NCc2ccc3ccccc3c2)c1. The van der Waals surface area contributed by atoms with E-state index in [9.17, 15) is 8.78 Å². The van der Waals surface area contributed by atoms with Crippen molar-refractivity contribution in [2.45, 2.75) is 13.2 Å². The number of hydrogen-bond donors (Lipinski definition) is 1. The lowest BCUT2D eigenvalue weighted by atomic mass is 10.1. The van der Waals surface area contributed by atoms with E-state index in [1.54, 1.807) is 12.1 Å². The molecule has 0 aliphatic rings. The normalized spacial score (nSPS) is 10.8. The molecule has 5 heteroatoms. The molecule has 124 valence electrons. The minimum atomic E-state index is -2.88. The van der Waals surface area contributed by atoms with Gasteiger partial charge in [0.15, 0.2) is 0 Å². The van der Waals surface area contributed by atoms with E-state index in [0.717, 1.165) is 16.3 Å². The summed E-state index contributed by atoms with van der Waals surface area (Å²) in [4.78, 5) is 0. The Morgan fingerprint density at radius 3 is 2.50 bits per heavy atom. The van der Waals surface area contributed by atoms with Crippen molar-refractivity contribution in [1.82, 2.24) is 0 Å². The van der Waals surface area contributed by atoms with E-state index in [1.807, 2.05) is 36.4 Å². The minimum absolute atomic E-state index is 0.0894. The van der Waals surface area contributed by atoms with E-state index in [1.165, 1.54) is 13.2 Å². The van der Waals surface area contributed by atoms with Crippen LogP contribution in [0.5, 0.6) is 11.5 Å². The topological polar surface area (TPSA) is 30.5 Å². The van der Waals surface area contributed by atoms with E-state index >= 15 is 0 Å². The van der Waals surface area contributed by atoms with Crippen molar-refractivity contribution in [3.63, 3.8) is 0 Å². The second-order valence-electron chi connectivity index (χ2n) is 5.28. The third kappa shape index (κ3) is 3.74. The van der Waals surface area contributed by atoms with Crippen LogP contribution in [0.3, 0.4) is 0 Å². The summed E-state index contributed by atoms with van der Waals surface area (Å²) in [6.45, 7) is -2.39. The highest BCUT2D eigenvalue weighted by molar-refractivity contribution is 5.83. The molecule has 0 spiro atoms. The van der Waals surface area contributed by atoms with Gasteiger partial charge in [0.05, 0.1) is 12.8 Å². The average Bonchev–Trinajstić information content (AvgIpc) is 2.60. The van der Waals surface area contributed by atoms with Crippen LogP contribution in [0.1, 0.15) is 5.56 Å². The predicted octanol–water partition coefficient (Wildman–Crippen LogP) is 5.06. The van der Waals surface area contributed by atoms with Crippen LogP contribution in [0.15, 0.2) is 60.7 Å². The molecule has 0 saturated carbocycles. The van der Waals surface area contributed by atoms with Crippen molar-refractivity contribution in [3.05, 3.63) is 66.2 Å². The standard InChI is InChI=1S/C19H17F2NO2/c1-23-16-8-9-18(24-19(20)21)17(11-16)22-12-13-6-7-14-4-2-3-5-15(14)10-13/h2-11,19,22H,12H2,1H3. The third-order valence-corrected chi connectivity index (χ3v) is 3.70. The zero-order valence-electron chi connectivity index (χ0n) is 13.1. The monoisotopic (exact) mass is 329 g/mol. The lowest BCUT2D eigenvalue weighted by molar-refractivity contribution is -0.0494.